The van der Waals surface area contributed by atoms with Crippen molar-refractivity contribution in [3.05, 3.63) is 35.6 Å². The summed E-state index contributed by atoms with van der Waals surface area (Å²) in [4.78, 5) is 48.5. The molecule has 0 spiro atoms. The molecule has 2 heterocycles. The van der Waals surface area contributed by atoms with Crippen LogP contribution < -0.4 is 5.32 Å². The number of carbonyl (C=O) groups excluding carboxylic acids is 4. The van der Waals surface area contributed by atoms with E-state index in [1.165, 1.54) is 24.3 Å². The van der Waals surface area contributed by atoms with Crippen LogP contribution in [0.1, 0.15) is 30.7 Å². The maximum atomic E-state index is 13.0. The smallest absolute Gasteiger partial charge is 0.249 e. The average molecular weight is 304 g/mol. The van der Waals surface area contributed by atoms with Gasteiger partial charge in [-0.25, -0.2) is 4.39 Å². The SMILES string of the molecule is O=C1CCC(N2C(=O)CC(c3ccc(F)cc3)C2=O)C(=O)N1. The second kappa shape index (κ2) is 5.32. The van der Waals surface area contributed by atoms with Crippen LogP contribution in [0.4, 0.5) is 4.39 Å². The Balaban J connectivity index is 1.84. The summed E-state index contributed by atoms with van der Waals surface area (Å²) in [5, 5.41) is 2.14. The second-order valence-electron chi connectivity index (χ2n) is 5.38. The predicted octanol–water partition coefficient (Wildman–Crippen LogP) is 0.473. The number of benzene rings is 1. The molecule has 2 saturated heterocycles. The normalized spacial score (nSPS) is 25.6. The van der Waals surface area contributed by atoms with Gasteiger partial charge in [0.25, 0.3) is 0 Å². The fourth-order valence-electron chi connectivity index (χ4n) is 2.86. The molecule has 0 aromatic heterocycles. The van der Waals surface area contributed by atoms with E-state index in [2.05, 4.69) is 5.32 Å². The van der Waals surface area contributed by atoms with Crippen molar-refractivity contribution < 1.29 is 23.6 Å². The molecular formula is C15H13FN2O4. The molecule has 0 bridgehead atoms. The number of likely N-dealkylation sites (tertiary alicyclic amines) is 1. The maximum absolute atomic E-state index is 13.0. The Labute approximate surface area is 125 Å². The van der Waals surface area contributed by atoms with E-state index in [9.17, 15) is 23.6 Å². The van der Waals surface area contributed by atoms with E-state index in [0.717, 1.165) is 4.90 Å². The Hall–Kier alpha value is -2.57. The van der Waals surface area contributed by atoms with Gasteiger partial charge in [0.15, 0.2) is 0 Å². The monoisotopic (exact) mass is 304 g/mol. The molecular weight excluding hydrogens is 291 g/mol. The summed E-state index contributed by atoms with van der Waals surface area (Å²) in [5.41, 5.74) is 0.537. The first-order valence-electron chi connectivity index (χ1n) is 6.92. The number of carbonyl (C=O) groups is 4. The first kappa shape index (κ1) is 14.4. The van der Waals surface area contributed by atoms with Gasteiger partial charge in [0.05, 0.1) is 5.92 Å². The summed E-state index contributed by atoms with van der Waals surface area (Å²) in [7, 11) is 0. The van der Waals surface area contributed by atoms with Crippen LogP contribution in [0.2, 0.25) is 0 Å². The van der Waals surface area contributed by atoms with E-state index in [-0.39, 0.29) is 19.3 Å². The van der Waals surface area contributed by atoms with Crippen LogP contribution >= 0.6 is 0 Å². The van der Waals surface area contributed by atoms with Crippen molar-refractivity contribution in [2.75, 3.05) is 0 Å². The van der Waals surface area contributed by atoms with E-state index in [4.69, 9.17) is 0 Å². The van der Waals surface area contributed by atoms with Gasteiger partial charge < -0.3 is 0 Å². The second-order valence-corrected chi connectivity index (χ2v) is 5.38. The summed E-state index contributed by atoms with van der Waals surface area (Å²) in [6, 6.07) is 4.42. The lowest BCUT2D eigenvalue weighted by Gasteiger charge is -2.28. The van der Waals surface area contributed by atoms with Gasteiger partial charge in [0.1, 0.15) is 11.9 Å². The topological polar surface area (TPSA) is 83.6 Å². The highest BCUT2D eigenvalue weighted by atomic mass is 19.1. The van der Waals surface area contributed by atoms with Gasteiger partial charge >= 0.3 is 0 Å². The van der Waals surface area contributed by atoms with Gasteiger partial charge in [-0.05, 0) is 24.1 Å². The van der Waals surface area contributed by atoms with Gasteiger partial charge in [0, 0.05) is 12.8 Å². The van der Waals surface area contributed by atoms with Crippen molar-refractivity contribution in [2.24, 2.45) is 0 Å². The number of hydrogen-bond acceptors (Lipinski definition) is 4. The zero-order valence-corrected chi connectivity index (χ0v) is 11.5. The van der Waals surface area contributed by atoms with E-state index < -0.39 is 41.4 Å². The van der Waals surface area contributed by atoms with Crippen LogP contribution in [0.15, 0.2) is 24.3 Å². The van der Waals surface area contributed by atoms with Crippen molar-refractivity contribution in [2.45, 2.75) is 31.2 Å². The molecule has 1 aromatic carbocycles. The number of nitrogens with zero attached hydrogens (tertiary/aromatic N) is 1. The number of imide groups is 2. The van der Waals surface area contributed by atoms with Crippen LogP contribution in [0.25, 0.3) is 0 Å². The largest absolute Gasteiger partial charge is 0.295 e. The first-order valence-corrected chi connectivity index (χ1v) is 6.92. The molecule has 4 amide bonds. The molecule has 1 N–H and O–H groups in total. The molecule has 2 fully saturated rings. The molecule has 2 atom stereocenters. The van der Waals surface area contributed by atoms with Gasteiger partial charge in [-0.2, -0.15) is 0 Å². The van der Waals surface area contributed by atoms with Gasteiger partial charge in [-0.3, -0.25) is 29.4 Å². The summed E-state index contributed by atoms with van der Waals surface area (Å²) >= 11 is 0. The van der Waals surface area contributed by atoms with Gasteiger partial charge in [0.2, 0.25) is 23.6 Å². The third kappa shape index (κ3) is 2.38. The zero-order chi connectivity index (χ0) is 15.9. The highest BCUT2D eigenvalue weighted by molar-refractivity contribution is 6.11. The van der Waals surface area contributed by atoms with Crippen molar-refractivity contribution in [1.29, 1.82) is 0 Å². The molecule has 0 radical (unpaired) electrons. The third-order valence-corrected chi connectivity index (χ3v) is 3.98. The Morgan fingerprint density at radius 3 is 2.41 bits per heavy atom. The lowest BCUT2D eigenvalue weighted by molar-refractivity contribution is -0.150. The minimum atomic E-state index is -0.942. The van der Waals surface area contributed by atoms with Crippen LogP contribution in [-0.4, -0.2) is 34.6 Å². The zero-order valence-electron chi connectivity index (χ0n) is 11.5. The molecule has 2 unspecified atom stereocenters. The molecule has 114 valence electrons. The van der Waals surface area contributed by atoms with Crippen molar-refractivity contribution in [3.8, 4) is 0 Å². The van der Waals surface area contributed by atoms with Crippen LogP contribution in [-0.2, 0) is 19.2 Å². The Kier molecular flexibility index (Phi) is 3.48. The molecule has 0 aliphatic carbocycles. The van der Waals surface area contributed by atoms with E-state index >= 15 is 0 Å². The number of halogens is 1. The molecule has 0 saturated carbocycles. The molecule has 2 aliphatic rings. The Bertz CT molecular complexity index is 671. The van der Waals surface area contributed by atoms with Crippen molar-refractivity contribution in [1.82, 2.24) is 10.2 Å². The molecule has 6 nitrogen and oxygen atoms in total. The molecule has 3 rings (SSSR count). The van der Waals surface area contributed by atoms with Crippen molar-refractivity contribution in [3.63, 3.8) is 0 Å². The number of piperidine rings is 1. The summed E-state index contributed by atoms with van der Waals surface area (Å²) in [6.07, 6.45) is 0.176. The van der Waals surface area contributed by atoms with Crippen LogP contribution in [0, 0.1) is 5.82 Å². The summed E-state index contributed by atoms with van der Waals surface area (Å²) in [6.45, 7) is 0. The summed E-state index contributed by atoms with van der Waals surface area (Å²) in [5.74, 6) is -3.10. The number of amides is 4. The van der Waals surface area contributed by atoms with Gasteiger partial charge in [-0.1, -0.05) is 12.1 Å². The number of nitrogens with one attached hydrogen (secondary N) is 1. The van der Waals surface area contributed by atoms with E-state index in [1.54, 1.807) is 0 Å². The summed E-state index contributed by atoms with van der Waals surface area (Å²) < 4.78 is 13.0. The molecule has 2 aliphatic heterocycles. The van der Waals surface area contributed by atoms with Gasteiger partial charge in [-0.15, -0.1) is 0 Å². The number of rotatable bonds is 2. The molecule has 7 heteroatoms. The molecule has 1 aromatic rings. The van der Waals surface area contributed by atoms with E-state index in [0.29, 0.717) is 5.56 Å². The highest BCUT2D eigenvalue weighted by Gasteiger charge is 2.46. The fraction of sp³-hybridized carbons (Fsp3) is 0.333. The fourth-order valence-corrected chi connectivity index (χ4v) is 2.86. The molecule has 22 heavy (non-hydrogen) atoms. The standard InChI is InChI=1S/C15H13FN2O4/c16-9-3-1-8(2-4-9)10-7-13(20)18(15(10)22)11-5-6-12(19)17-14(11)21/h1-4,10-11H,5-7H2,(H,17,19,21). The lowest BCUT2D eigenvalue weighted by atomic mass is 9.97. The first-order chi connectivity index (χ1) is 10.5. The third-order valence-electron chi connectivity index (χ3n) is 3.98. The number of hydrogen-bond donors (Lipinski definition) is 1. The van der Waals surface area contributed by atoms with Crippen molar-refractivity contribution >= 4 is 23.6 Å². The van der Waals surface area contributed by atoms with Crippen LogP contribution in [0.3, 0.4) is 0 Å². The van der Waals surface area contributed by atoms with E-state index in [1.807, 2.05) is 0 Å². The highest BCUT2D eigenvalue weighted by Crippen LogP contribution is 2.32. The quantitative estimate of drug-likeness (QED) is 0.805. The average Bonchev–Trinajstić information content (AvgIpc) is 2.76. The maximum Gasteiger partial charge on any atom is 0.249 e. The Morgan fingerprint density at radius 1 is 1.09 bits per heavy atom. The van der Waals surface area contributed by atoms with Crippen LogP contribution in [0.5, 0.6) is 0 Å². The lowest BCUT2D eigenvalue weighted by Crippen LogP contribution is -2.54. The predicted molar refractivity (Wildman–Crippen MR) is 71.8 cm³/mol. The minimum Gasteiger partial charge on any atom is -0.295 e. The Morgan fingerprint density at radius 2 is 1.77 bits per heavy atom. The minimum absolute atomic E-state index is 0.0534.